The summed E-state index contributed by atoms with van der Waals surface area (Å²) in [6.45, 7) is 12.3. The van der Waals surface area contributed by atoms with Gasteiger partial charge in [0.05, 0.1) is 44.2 Å². The Bertz CT molecular complexity index is 1940. The summed E-state index contributed by atoms with van der Waals surface area (Å²) in [5.74, 6) is -0.276. The molecule has 4 heterocycles. The number of hydrogen-bond donors (Lipinski definition) is 15. The zero-order chi connectivity index (χ0) is 55.7. The van der Waals surface area contributed by atoms with Gasteiger partial charge in [0, 0.05) is 0 Å². The van der Waals surface area contributed by atoms with Crippen molar-refractivity contribution in [2.24, 2.45) is 45.8 Å². The number of ether oxygens (including phenoxy) is 8. The van der Waals surface area contributed by atoms with E-state index in [0.29, 0.717) is 38.5 Å². The molecule has 440 valence electrons. The molecule has 4 aliphatic carbocycles. The fourth-order valence-corrected chi connectivity index (χ4v) is 15.8. The Morgan fingerprint density at radius 2 is 1.07 bits per heavy atom. The van der Waals surface area contributed by atoms with E-state index in [1.165, 1.54) is 0 Å². The smallest absolute Gasteiger partial charge is 0.187 e. The molecule has 76 heavy (non-hydrogen) atoms. The van der Waals surface area contributed by atoms with E-state index in [4.69, 9.17) is 37.9 Å². The van der Waals surface area contributed by atoms with Gasteiger partial charge in [-0.2, -0.15) is 0 Å². The van der Waals surface area contributed by atoms with Gasteiger partial charge in [0.25, 0.3) is 0 Å². The van der Waals surface area contributed by atoms with Crippen LogP contribution in [-0.2, 0) is 37.9 Å². The molecule has 0 aromatic heterocycles. The molecule has 0 aromatic rings. The standard InChI is InChI=1S/C53H90O23/c1-22(2)9-8-14-53(7,76-48-44(68)40(64)37(61)29(73-48)21-69-46-42(66)38(62)34(58)26(18-54)70-46)24-11-10-23-33(24)25(57)17-31-51(23,5)15-12-30-50(3,4)32(13-16-52(30,31)6)74-49-45(41(65)36(60)28(20-56)72-49)75-47-43(67)39(63)35(59)27(19-55)71-47/h9,23-49,54-68H,8,10-21H2,1-7H3/t23-,24-,25?,26+,27+,28+,29+,30-,31+,32?,33+,34+,35+,36+,37+,38-,39-,40-,41-,42+,43+,44+,45+,46?,47?,48?,49?,51+,52-,53-/m0/s1. The van der Waals surface area contributed by atoms with Crippen LogP contribution in [0.5, 0.6) is 0 Å². The van der Waals surface area contributed by atoms with Gasteiger partial charge >= 0.3 is 0 Å². The van der Waals surface area contributed by atoms with Crippen molar-refractivity contribution in [1.82, 2.24) is 0 Å². The van der Waals surface area contributed by atoms with Crippen LogP contribution in [0.25, 0.3) is 0 Å². The molecule has 23 heteroatoms. The van der Waals surface area contributed by atoms with Crippen molar-refractivity contribution in [3.05, 3.63) is 11.6 Å². The van der Waals surface area contributed by atoms with Crippen LogP contribution in [0.2, 0.25) is 0 Å². The van der Waals surface area contributed by atoms with Crippen molar-refractivity contribution < 1.29 is 114 Å². The molecule has 0 spiro atoms. The lowest BCUT2D eigenvalue weighted by Crippen LogP contribution is -2.66. The predicted octanol–water partition coefficient (Wildman–Crippen LogP) is -2.59. The summed E-state index contributed by atoms with van der Waals surface area (Å²) >= 11 is 0. The van der Waals surface area contributed by atoms with Gasteiger partial charge in [-0.25, -0.2) is 0 Å². The molecule has 0 bridgehead atoms. The lowest BCUT2D eigenvalue weighted by Gasteiger charge is -2.68. The summed E-state index contributed by atoms with van der Waals surface area (Å²) < 4.78 is 48.8. The molecule has 4 saturated carbocycles. The third kappa shape index (κ3) is 11.0. The molecule has 0 radical (unpaired) electrons. The van der Waals surface area contributed by atoms with Gasteiger partial charge in [-0.15, -0.1) is 0 Å². The van der Waals surface area contributed by atoms with Gasteiger partial charge in [0.1, 0.15) is 97.7 Å². The number of rotatable bonds is 16. The molecule has 6 unspecified atom stereocenters. The van der Waals surface area contributed by atoms with Crippen LogP contribution in [0.3, 0.4) is 0 Å². The van der Waals surface area contributed by atoms with Crippen molar-refractivity contribution in [3.63, 3.8) is 0 Å². The Balaban J connectivity index is 0.991. The molecular formula is C53H90O23. The third-order valence-electron chi connectivity index (χ3n) is 20.1. The first kappa shape index (κ1) is 60.9. The second-order valence-electron chi connectivity index (χ2n) is 25.1. The van der Waals surface area contributed by atoms with Crippen LogP contribution in [0.15, 0.2) is 11.6 Å². The van der Waals surface area contributed by atoms with Crippen molar-refractivity contribution >= 4 is 0 Å². The summed E-state index contributed by atoms with van der Waals surface area (Å²) in [5.41, 5.74) is -1.04. The second-order valence-corrected chi connectivity index (χ2v) is 25.1. The number of fused-ring (bicyclic) bond motifs is 5. The third-order valence-corrected chi connectivity index (χ3v) is 20.1. The van der Waals surface area contributed by atoms with Gasteiger partial charge < -0.3 is 114 Å². The summed E-state index contributed by atoms with van der Waals surface area (Å²) in [5, 5.41) is 161. The predicted molar refractivity (Wildman–Crippen MR) is 262 cm³/mol. The minimum Gasteiger partial charge on any atom is -0.394 e. The topological polar surface area (TPSA) is 377 Å². The highest BCUT2D eigenvalue weighted by molar-refractivity contribution is 5.17. The number of hydrogen-bond acceptors (Lipinski definition) is 23. The lowest BCUT2D eigenvalue weighted by molar-refractivity contribution is -0.378. The summed E-state index contributed by atoms with van der Waals surface area (Å²) in [6.07, 6.45) is -24.9. The Labute approximate surface area is 444 Å². The average molecular weight is 1100 g/mol. The highest BCUT2D eigenvalue weighted by Crippen LogP contribution is 2.72. The highest BCUT2D eigenvalue weighted by Gasteiger charge is 2.68. The first-order valence-electron chi connectivity index (χ1n) is 27.5. The molecule has 0 amide bonds. The Hall–Kier alpha value is -1.18. The number of aliphatic hydroxyl groups is 15. The maximum Gasteiger partial charge on any atom is 0.187 e. The van der Waals surface area contributed by atoms with Crippen LogP contribution >= 0.6 is 0 Å². The molecule has 0 aromatic carbocycles. The van der Waals surface area contributed by atoms with E-state index in [1.54, 1.807) is 0 Å². The van der Waals surface area contributed by atoms with Gasteiger partial charge in [-0.05, 0) is 124 Å². The van der Waals surface area contributed by atoms with Crippen LogP contribution in [-0.4, -0.2) is 244 Å². The normalized spacial score (nSPS) is 52.2. The van der Waals surface area contributed by atoms with E-state index in [1.807, 2.05) is 20.8 Å². The SMILES string of the molecule is CC(C)=CCC[C@](C)(OC1O[C@H](COC2O[C@H](CO)[C@@H](O)[C@H](O)[C@H]2O)[C@@H](O)[C@H](O)[C@H]1O)[C@H]1CC[C@H]2[C@H]1C(O)C[C@@H]1[C@]2(C)CC[C@H]2C(C)(C)C(OC3O[C@H](CO)[C@@H](O)[C@H](O)[C@H]3OC3O[C@H](CO)[C@@H](O)[C@H](O)[C@H]3O)CC[C@]12C. The number of allylic oxidation sites excluding steroid dienone is 2. The van der Waals surface area contributed by atoms with E-state index in [2.05, 4.69) is 33.8 Å². The summed E-state index contributed by atoms with van der Waals surface area (Å²) in [7, 11) is 0. The maximum atomic E-state index is 12.7. The minimum absolute atomic E-state index is 0.0531. The van der Waals surface area contributed by atoms with Crippen LogP contribution in [0, 0.1) is 45.8 Å². The van der Waals surface area contributed by atoms with Crippen molar-refractivity contribution in [3.8, 4) is 0 Å². The van der Waals surface area contributed by atoms with Gasteiger partial charge in [0.15, 0.2) is 25.2 Å². The summed E-state index contributed by atoms with van der Waals surface area (Å²) in [4.78, 5) is 0. The molecule has 4 saturated heterocycles. The second kappa shape index (κ2) is 23.6. The lowest BCUT2D eigenvalue weighted by atomic mass is 9.38. The Kier molecular flexibility index (Phi) is 18.9. The molecular weight excluding hydrogens is 1000 g/mol. The van der Waals surface area contributed by atoms with E-state index in [9.17, 15) is 76.6 Å². The zero-order valence-electron chi connectivity index (χ0n) is 44.8. The summed E-state index contributed by atoms with van der Waals surface area (Å²) in [6, 6.07) is 0. The van der Waals surface area contributed by atoms with Crippen LogP contribution in [0.4, 0.5) is 0 Å². The van der Waals surface area contributed by atoms with Crippen molar-refractivity contribution in [2.75, 3.05) is 26.4 Å². The molecule has 8 aliphatic rings. The minimum atomic E-state index is -1.81. The largest absolute Gasteiger partial charge is 0.394 e. The number of aliphatic hydroxyl groups excluding tert-OH is 15. The first-order chi connectivity index (χ1) is 35.7. The van der Waals surface area contributed by atoms with Gasteiger partial charge in [-0.1, -0.05) is 39.3 Å². The van der Waals surface area contributed by atoms with E-state index >= 15 is 0 Å². The quantitative estimate of drug-likeness (QED) is 0.0557. The monoisotopic (exact) mass is 1090 g/mol. The molecule has 8 fully saturated rings. The fraction of sp³-hybridized carbons (Fsp3) is 0.962. The fourth-order valence-electron chi connectivity index (χ4n) is 15.8. The molecule has 15 N–H and O–H groups in total. The zero-order valence-corrected chi connectivity index (χ0v) is 44.8. The first-order valence-corrected chi connectivity index (χ1v) is 27.5. The molecule has 23 nitrogen and oxygen atoms in total. The van der Waals surface area contributed by atoms with E-state index in [-0.39, 0.29) is 40.4 Å². The Morgan fingerprint density at radius 1 is 0.553 bits per heavy atom. The van der Waals surface area contributed by atoms with Crippen molar-refractivity contribution in [1.29, 1.82) is 0 Å². The Morgan fingerprint density at radius 3 is 1.66 bits per heavy atom. The highest BCUT2D eigenvalue weighted by atomic mass is 16.8. The van der Waals surface area contributed by atoms with Crippen molar-refractivity contribution in [2.45, 2.75) is 247 Å². The average Bonchev–Trinajstić information content (AvgIpc) is 3.87. The molecule has 4 aliphatic heterocycles. The van der Waals surface area contributed by atoms with E-state index < -0.39 is 172 Å². The molecule has 30 atom stereocenters. The van der Waals surface area contributed by atoms with Gasteiger partial charge in [-0.3, -0.25) is 0 Å². The maximum absolute atomic E-state index is 12.7. The van der Waals surface area contributed by atoms with Crippen LogP contribution < -0.4 is 0 Å². The van der Waals surface area contributed by atoms with Crippen LogP contribution in [0.1, 0.15) is 106 Å². The van der Waals surface area contributed by atoms with Gasteiger partial charge in [0.2, 0.25) is 0 Å². The molecule has 8 rings (SSSR count). The van der Waals surface area contributed by atoms with E-state index in [0.717, 1.165) is 24.8 Å².